The number of pyridine rings is 2. The molecule has 2 aromatic heterocycles. The van der Waals surface area contributed by atoms with Crippen LogP contribution in [0.4, 0.5) is 0 Å². The molecule has 3 rings (SSSR count). The minimum absolute atomic E-state index is 0.197. The van der Waals surface area contributed by atoms with Gasteiger partial charge in [0, 0.05) is 29.5 Å². The third-order valence-corrected chi connectivity index (χ3v) is 4.39. The van der Waals surface area contributed by atoms with Gasteiger partial charge in [0.25, 0.3) is 0 Å². The highest BCUT2D eigenvalue weighted by Gasteiger charge is 2.16. The number of carbonyl (C=O) groups is 1. The fourth-order valence-corrected chi connectivity index (χ4v) is 3.26. The lowest BCUT2D eigenvalue weighted by molar-refractivity contribution is 0.0695. The van der Waals surface area contributed by atoms with Crippen molar-refractivity contribution in [2.75, 3.05) is 0 Å². The number of rotatable bonds is 3. The number of hydrogen-bond donors (Lipinski definition) is 1. The van der Waals surface area contributed by atoms with Crippen LogP contribution in [0.5, 0.6) is 0 Å². The second-order valence-corrected chi connectivity index (χ2v) is 6.29. The van der Waals surface area contributed by atoms with Crippen LogP contribution in [0.2, 0.25) is 0 Å². The van der Waals surface area contributed by atoms with Crippen LogP contribution in [-0.4, -0.2) is 20.6 Å². The summed E-state index contributed by atoms with van der Waals surface area (Å²) in [5.74, 6) is -1.20. The molecule has 0 amide bonds. The van der Waals surface area contributed by atoms with Crippen LogP contribution in [-0.2, 0) is 6.54 Å². The average molecular weight is 336 g/mol. The zero-order valence-corrected chi connectivity index (χ0v) is 14.8. The first-order chi connectivity index (χ1) is 11.8. The van der Waals surface area contributed by atoms with Crippen molar-refractivity contribution in [1.29, 1.82) is 0 Å². The highest BCUT2D eigenvalue weighted by atomic mass is 16.4. The first-order valence-corrected chi connectivity index (χ1v) is 8.18. The predicted octanol–water partition coefficient (Wildman–Crippen LogP) is 3.71. The highest BCUT2D eigenvalue weighted by Crippen LogP contribution is 2.28. The van der Waals surface area contributed by atoms with Crippen molar-refractivity contribution in [3.63, 3.8) is 0 Å². The average Bonchev–Trinajstić information content (AvgIpc) is 2.54. The van der Waals surface area contributed by atoms with Crippen LogP contribution >= 0.6 is 0 Å². The summed E-state index contributed by atoms with van der Waals surface area (Å²) < 4.78 is 1.81. The maximum absolute atomic E-state index is 12.5. The number of nitrogens with zero attached hydrogens (tertiary/aromatic N) is 2. The maximum Gasteiger partial charge on any atom is 0.341 e. The number of aryl methyl sites for hydroxylation is 4. The summed E-state index contributed by atoms with van der Waals surface area (Å²) in [6.07, 6.45) is 1.43. The third-order valence-electron chi connectivity index (χ3n) is 4.39. The lowest BCUT2D eigenvalue weighted by atomic mass is 9.97. The molecule has 0 saturated carbocycles. The van der Waals surface area contributed by atoms with Gasteiger partial charge in [-0.15, -0.1) is 0 Å². The van der Waals surface area contributed by atoms with Crippen molar-refractivity contribution in [1.82, 2.24) is 9.55 Å². The Kier molecular flexibility index (Phi) is 4.17. The van der Waals surface area contributed by atoms with E-state index in [4.69, 9.17) is 0 Å². The molecule has 1 aromatic carbocycles. The van der Waals surface area contributed by atoms with Gasteiger partial charge >= 0.3 is 5.97 Å². The Morgan fingerprint density at radius 1 is 1.12 bits per heavy atom. The van der Waals surface area contributed by atoms with Crippen LogP contribution in [0.25, 0.3) is 22.0 Å². The molecular weight excluding hydrogens is 316 g/mol. The van der Waals surface area contributed by atoms with E-state index in [9.17, 15) is 14.7 Å². The van der Waals surface area contributed by atoms with Crippen molar-refractivity contribution in [3.05, 3.63) is 63.2 Å². The van der Waals surface area contributed by atoms with Crippen molar-refractivity contribution >= 4 is 16.9 Å². The fourth-order valence-electron chi connectivity index (χ4n) is 3.26. The van der Waals surface area contributed by atoms with Gasteiger partial charge in [-0.2, -0.15) is 0 Å². The largest absolute Gasteiger partial charge is 0.477 e. The van der Waals surface area contributed by atoms with Crippen LogP contribution in [0.15, 0.2) is 35.3 Å². The molecule has 1 N–H and O–H groups in total. The van der Waals surface area contributed by atoms with Crippen LogP contribution in [0.1, 0.15) is 34.2 Å². The van der Waals surface area contributed by atoms with Gasteiger partial charge < -0.3 is 9.67 Å². The van der Waals surface area contributed by atoms with Crippen LogP contribution in [0.3, 0.4) is 0 Å². The predicted molar refractivity (Wildman–Crippen MR) is 98.3 cm³/mol. The Bertz CT molecular complexity index is 1040. The lowest BCUT2D eigenvalue weighted by Gasteiger charge is -2.14. The number of aromatic carboxylic acids is 1. The number of benzene rings is 1. The smallest absolute Gasteiger partial charge is 0.341 e. The first-order valence-electron chi connectivity index (χ1n) is 8.18. The number of hydrogen-bond acceptors (Lipinski definition) is 3. The van der Waals surface area contributed by atoms with Gasteiger partial charge in [0.1, 0.15) is 5.56 Å². The van der Waals surface area contributed by atoms with Crippen LogP contribution < -0.4 is 5.43 Å². The topological polar surface area (TPSA) is 72.2 Å². The number of aromatic nitrogens is 2. The van der Waals surface area contributed by atoms with E-state index >= 15 is 0 Å². The summed E-state index contributed by atoms with van der Waals surface area (Å²) >= 11 is 0. The van der Waals surface area contributed by atoms with Crippen molar-refractivity contribution in [2.45, 2.75) is 34.2 Å². The Balaban J connectivity index is 2.38. The molecule has 25 heavy (non-hydrogen) atoms. The van der Waals surface area contributed by atoms with Gasteiger partial charge in [0.05, 0.1) is 5.52 Å². The van der Waals surface area contributed by atoms with Crippen LogP contribution in [0, 0.1) is 20.8 Å². The highest BCUT2D eigenvalue weighted by molar-refractivity contribution is 5.94. The Hall–Kier alpha value is -2.95. The van der Waals surface area contributed by atoms with Crippen molar-refractivity contribution in [3.8, 4) is 11.1 Å². The molecule has 128 valence electrons. The van der Waals surface area contributed by atoms with Gasteiger partial charge in [-0.05, 0) is 68.7 Å². The van der Waals surface area contributed by atoms with Gasteiger partial charge in [-0.25, -0.2) is 4.79 Å². The minimum Gasteiger partial charge on any atom is -0.477 e. The summed E-state index contributed by atoms with van der Waals surface area (Å²) in [6.45, 7) is 8.34. The fraction of sp³-hybridized carbons (Fsp3) is 0.250. The third kappa shape index (κ3) is 2.93. The molecule has 0 spiro atoms. The standard InChI is InChI=1S/C20H20N2O3/c1-5-22-10-17(20(24)25)19(23)16-6-11(2)15(9-18(16)22)14-7-12(3)21-13(4)8-14/h6-10H,5H2,1-4H3,(H,24,25). The molecule has 0 aliphatic heterocycles. The molecule has 0 radical (unpaired) electrons. The molecule has 0 saturated heterocycles. The molecule has 0 aliphatic carbocycles. The van der Waals surface area contributed by atoms with Gasteiger partial charge in [-0.3, -0.25) is 9.78 Å². The van der Waals surface area contributed by atoms with Gasteiger partial charge in [0.15, 0.2) is 0 Å². The van der Waals surface area contributed by atoms with E-state index in [1.54, 1.807) is 6.07 Å². The van der Waals surface area contributed by atoms with E-state index in [-0.39, 0.29) is 5.56 Å². The lowest BCUT2D eigenvalue weighted by Crippen LogP contribution is -2.19. The molecule has 0 atom stereocenters. The van der Waals surface area contributed by atoms with Crippen molar-refractivity contribution < 1.29 is 9.90 Å². The summed E-state index contributed by atoms with van der Waals surface area (Å²) in [5, 5.41) is 9.72. The SMILES string of the molecule is CCn1cc(C(=O)O)c(=O)c2cc(C)c(-c3cc(C)nc(C)c3)cc21. The quantitative estimate of drug-likeness (QED) is 0.791. The Morgan fingerprint density at radius 3 is 2.32 bits per heavy atom. The van der Waals surface area contributed by atoms with E-state index in [0.29, 0.717) is 11.9 Å². The molecule has 5 heteroatoms. The van der Waals surface area contributed by atoms with Gasteiger partial charge in [0.2, 0.25) is 5.43 Å². The van der Waals surface area contributed by atoms with E-state index < -0.39 is 11.4 Å². The van der Waals surface area contributed by atoms with E-state index in [0.717, 1.165) is 33.6 Å². The molecule has 0 unspecified atom stereocenters. The second-order valence-electron chi connectivity index (χ2n) is 6.29. The normalized spacial score (nSPS) is 11.0. The monoisotopic (exact) mass is 336 g/mol. The maximum atomic E-state index is 12.5. The van der Waals surface area contributed by atoms with Crippen molar-refractivity contribution in [2.24, 2.45) is 0 Å². The molecule has 0 fully saturated rings. The molecule has 5 nitrogen and oxygen atoms in total. The van der Waals surface area contributed by atoms with E-state index in [1.807, 2.05) is 50.5 Å². The summed E-state index contributed by atoms with van der Waals surface area (Å²) in [7, 11) is 0. The molecule has 0 bridgehead atoms. The summed E-state index contributed by atoms with van der Waals surface area (Å²) in [4.78, 5) is 28.3. The zero-order chi connectivity index (χ0) is 18.3. The Labute approximate surface area is 145 Å². The summed E-state index contributed by atoms with van der Waals surface area (Å²) in [5.41, 5.74) is 4.96. The molecular formula is C20H20N2O3. The van der Waals surface area contributed by atoms with E-state index in [2.05, 4.69) is 4.98 Å². The molecule has 0 aliphatic rings. The van der Waals surface area contributed by atoms with Gasteiger partial charge in [-0.1, -0.05) is 0 Å². The van der Waals surface area contributed by atoms with E-state index in [1.165, 1.54) is 6.20 Å². The first kappa shape index (κ1) is 16.9. The number of carboxylic acids is 1. The second kappa shape index (κ2) is 6.16. The molecule has 3 aromatic rings. The summed E-state index contributed by atoms with van der Waals surface area (Å²) in [6, 6.07) is 7.79. The molecule has 2 heterocycles. The minimum atomic E-state index is -1.20. The number of fused-ring (bicyclic) bond motifs is 1. The zero-order valence-electron chi connectivity index (χ0n) is 14.8. The number of carboxylic acid groups (broad SMARTS) is 1. The Morgan fingerprint density at radius 2 is 1.76 bits per heavy atom.